The maximum atomic E-state index is 16.2. The minimum absolute atomic E-state index is 0.0551. The number of nitrogens with one attached hydrogen (secondary N) is 2. The van der Waals surface area contributed by atoms with Crippen LogP contribution in [0.15, 0.2) is 23.1 Å². The number of rotatable bonds is 7. The van der Waals surface area contributed by atoms with Crippen molar-refractivity contribution in [2.24, 2.45) is 0 Å². The van der Waals surface area contributed by atoms with Crippen LogP contribution in [0.5, 0.6) is 6.01 Å². The molecule has 6 N–H and O–H groups in total. The zero-order valence-electron chi connectivity index (χ0n) is 22.9. The van der Waals surface area contributed by atoms with E-state index in [4.69, 9.17) is 27.8 Å². The number of anilines is 3. The molecule has 0 spiro atoms. The number of nitrogens with zero attached hydrogens (tertiary/aromatic N) is 5. The Morgan fingerprint density at radius 3 is 2.61 bits per heavy atom. The lowest BCUT2D eigenvalue weighted by Crippen LogP contribution is -2.31. The number of hydrogen-bond acceptors (Lipinski definition) is 10. The first-order chi connectivity index (χ1) is 20.6. The summed E-state index contributed by atoms with van der Waals surface area (Å²) in [5, 5.41) is 1.26. The van der Waals surface area contributed by atoms with E-state index in [9.17, 15) is 26.7 Å². The van der Waals surface area contributed by atoms with E-state index in [1.807, 2.05) is 0 Å². The summed E-state index contributed by atoms with van der Waals surface area (Å²) in [6.45, 7) is 1.55. The van der Waals surface area contributed by atoms with Gasteiger partial charge in [-0.25, -0.2) is 23.1 Å². The molecule has 3 atom stereocenters. The van der Waals surface area contributed by atoms with Gasteiger partial charge in [0.25, 0.3) is 5.56 Å². The number of alkyl halides is 4. The van der Waals surface area contributed by atoms with E-state index >= 15 is 4.39 Å². The normalized spacial score (nSPS) is 18.1. The molecule has 44 heavy (non-hydrogen) atoms. The molecule has 0 aromatic carbocycles. The van der Waals surface area contributed by atoms with E-state index in [2.05, 4.69) is 30.2 Å². The van der Waals surface area contributed by atoms with E-state index in [-0.39, 0.29) is 36.8 Å². The quantitative estimate of drug-likeness (QED) is 0.167. The molecule has 0 radical (unpaired) electrons. The van der Waals surface area contributed by atoms with Crippen molar-refractivity contribution < 1.29 is 31.1 Å². The number of nitrogen functional groups attached to an aromatic ring is 2. The molecule has 0 unspecified atom stereocenters. The average Bonchev–Trinajstić information content (AvgIpc) is 3.25. The largest absolute Gasteiger partial charge is 0.462 e. The molecule has 5 heterocycles. The second kappa shape index (κ2) is 11.6. The predicted octanol–water partition coefficient (Wildman–Crippen LogP) is 4.48. The molecule has 4 aromatic heterocycles. The highest BCUT2D eigenvalue weighted by Crippen LogP contribution is 2.42. The number of likely N-dealkylation sites (tertiary alicyclic amines) is 1. The predicted molar refractivity (Wildman–Crippen MR) is 150 cm³/mol. The maximum Gasteiger partial charge on any atom is 0.420 e. The molecule has 18 heteroatoms. The van der Waals surface area contributed by atoms with Crippen LogP contribution in [0.3, 0.4) is 0 Å². The first-order valence-corrected chi connectivity index (χ1v) is 13.3. The van der Waals surface area contributed by atoms with E-state index in [1.54, 1.807) is 11.9 Å². The van der Waals surface area contributed by atoms with Crippen LogP contribution in [-0.2, 0) is 6.18 Å². The fourth-order valence-corrected chi connectivity index (χ4v) is 5.30. The van der Waals surface area contributed by atoms with Gasteiger partial charge in [0.1, 0.15) is 57.7 Å². The first kappa shape index (κ1) is 31.1. The zero-order chi connectivity index (χ0) is 32.1. The fourth-order valence-electron chi connectivity index (χ4n) is 4.99. The number of fused-ring (bicyclic) bond motifs is 1. The number of H-pyrrole nitrogens is 1. The number of aromatic nitrogens is 5. The third kappa shape index (κ3) is 6.01. The summed E-state index contributed by atoms with van der Waals surface area (Å²) in [6.07, 6.45) is -5.18. The molecular weight excluding hydrogens is 620 g/mol. The molecule has 234 valence electrons. The summed E-state index contributed by atoms with van der Waals surface area (Å²) in [4.78, 5) is 32.5. The Kier molecular flexibility index (Phi) is 8.19. The van der Waals surface area contributed by atoms with Gasteiger partial charge >= 0.3 is 12.2 Å². The Morgan fingerprint density at radius 1 is 1.23 bits per heavy atom. The van der Waals surface area contributed by atoms with Gasteiger partial charge in [-0.2, -0.15) is 23.1 Å². The topological polar surface area (TPSA) is 161 Å². The van der Waals surface area contributed by atoms with Gasteiger partial charge in [0.15, 0.2) is 5.82 Å². The van der Waals surface area contributed by atoms with E-state index in [1.165, 1.54) is 6.92 Å². The van der Waals surface area contributed by atoms with Gasteiger partial charge in [-0.15, -0.1) is 0 Å². The lowest BCUT2D eigenvalue weighted by atomic mass is 10.0. The van der Waals surface area contributed by atoms with Gasteiger partial charge in [-0.3, -0.25) is 9.69 Å². The van der Waals surface area contributed by atoms with E-state index in [0.29, 0.717) is 6.07 Å². The molecule has 0 amide bonds. The number of halogens is 7. The summed E-state index contributed by atoms with van der Waals surface area (Å²) in [5.74, 6) is -2.96. The van der Waals surface area contributed by atoms with E-state index < -0.39 is 86.3 Å². The molecule has 1 fully saturated rings. The summed E-state index contributed by atoms with van der Waals surface area (Å²) in [7, 11) is 1.68. The van der Waals surface area contributed by atoms with Crippen LogP contribution in [0.2, 0.25) is 5.15 Å². The number of pyridine rings is 3. The Hall–Kier alpha value is -4.38. The molecule has 4 aromatic rings. The van der Waals surface area contributed by atoms with Crippen molar-refractivity contribution in [1.82, 2.24) is 29.8 Å². The highest BCUT2D eigenvalue weighted by Gasteiger charge is 2.39. The van der Waals surface area contributed by atoms with E-state index in [0.717, 1.165) is 12.3 Å². The molecule has 1 aliphatic heterocycles. The number of nitrogens with two attached hydrogens (primary N) is 2. The van der Waals surface area contributed by atoms with Crippen molar-refractivity contribution in [1.29, 1.82) is 0 Å². The molecule has 1 saturated heterocycles. The van der Waals surface area contributed by atoms with Gasteiger partial charge in [0.05, 0.1) is 17.9 Å². The Balaban J connectivity index is 1.68. The lowest BCUT2D eigenvalue weighted by Gasteiger charge is -2.21. The minimum Gasteiger partial charge on any atom is -0.462 e. The van der Waals surface area contributed by atoms with Gasteiger partial charge < -0.3 is 26.5 Å². The molecule has 0 bridgehead atoms. The van der Waals surface area contributed by atoms with Gasteiger partial charge in [-0.05, 0) is 32.5 Å². The first-order valence-electron chi connectivity index (χ1n) is 13.0. The van der Waals surface area contributed by atoms with Crippen LogP contribution >= 0.6 is 11.6 Å². The van der Waals surface area contributed by atoms with Crippen molar-refractivity contribution in [3.63, 3.8) is 0 Å². The number of likely N-dealkylation sites (N-methyl/N-ethyl adjacent to an activating group) is 1. The highest BCUT2D eigenvalue weighted by atomic mass is 35.5. The highest BCUT2D eigenvalue weighted by molar-refractivity contribution is 6.30. The second-order valence-corrected chi connectivity index (χ2v) is 10.6. The number of ether oxygens (including phenoxy) is 1. The van der Waals surface area contributed by atoms with Crippen molar-refractivity contribution in [2.45, 2.75) is 37.8 Å². The third-order valence-electron chi connectivity index (χ3n) is 7.11. The van der Waals surface area contributed by atoms with Crippen LogP contribution in [0.4, 0.5) is 43.8 Å². The molecule has 5 rings (SSSR count). The van der Waals surface area contributed by atoms with Gasteiger partial charge in [0, 0.05) is 23.7 Å². The van der Waals surface area contributed by atoms with Crippen molar-refractivity contribution in [3.05, 3.63) is 56.6 Å². The molecule has 0 saturated carbocycles. The Morgan fingerprint density at radius 2 is 1.95 bits per heavy atom. The fraction of sp³-hybridized carbons (Fsp3) is 0.346. The second-order valence-electron chi connectivity index (χ2n) is 10.2. The molecule has 11 nitrogen and oxygen atoms in total. The monoisotopic (exact) mass is 643 g/mol. The summed E-state index contributed by atoms with van der Waals surface area (Å²) < 4.78 is 91.6. The van der Waals surface area contributed by atoms with Crippen molar-refractivity contribution >= 4 is 40.0 Å². The number of hydrogen-bond donors (Lipinski definition) is 4. The Bertz CT molecular complexity index is 1810. The average molecular weight is 644 g/mol. The smallest absolute Gasteiger partial charge is 0.420 e. The molecular formula is C26H24ClF6N9O2. The zero-order valence-corrected chi connectivity index (χ0v) is 23.7. The lowest BCUT2D eigenvalue weighted by molar-refractivity contribution is -0.137. The van der Waals surface area contributed by atoms with Crippen molar-refractivity contribution in [3.8, 4) is 17.3 Å². The molecule has 1 aliphatic rings. The third-order valence-corrected chi connectivity index (χ3v) is 7.38. The van der Waals surface area contributed by atoms with Crippen molar-refractivity contribution in [2.75, 3.05) is 37.0 Å². The Labute approximate surface area is 249 Å². The van der Waals surface area contributed by atoms with Crippen LogP contribution in [0.25, 0.3) is 22.2 Å². The van der Waals surface area contributed by atoms with Gasteiger partial charge in [-0.1, -0.05) is 11.6 Å². The summed E-state index contributed by atoms with van der Waals surface area (Å²) in [5.41, 5.74) is 6.46. The summed E-state index contributed by atoms with van der Waals surface area (Å²) in [6, 6.07) is 0.0389. The number of aromatic amines is 1. The standard InChI is InChI=1S/C26H24ClF6N9O2/c1-9(13-4-10(28)6-36-22(13)35)37-23-16-20(40-25(41-23)44-8-12-3-11(29)7-42(12)2)18(30)19(39-24(16)43)14-5-15(34)38-21(27)17(14)26(31,32)33/h4-6,9,11-12H,3,7-8H2,1-2H3,(H2,34,38)(H2,35,36)(H,39,43)(H,37,40,41)/t9-,11-,12+/m1/s1. The SMILES string of the molecule is C[C@@H](Nc1nc(OC[C@@H]2C[C@@H](F)CN2C)nc2c(F)c(-c3cc(N)nc(Cl)c3C(F)(F)F)[nH]c(=O)c12)c1cc(F)cnc1N. The van der Waals surface area contributed by atoms with Gasteiger partial charge in [0.2, 0.25) is 0 Å². The molecule has 0 aliphatic carbocycles. The van der Waals surface area contributed by atoms with Crippen LogP contribution in [0.1, 0.15) is 30.5 Å². The van der Waals surface area contributed by atoms with Crippen LogP contribution in [-0.4, -0.2) is 62.2 Å². The van der Waals surface area contributed by atoms with Crippen LogP contribution in [0, 0.1) is 11.6 Å². The minimum atomic E-state index is -5.12. The maximum absolute atomic E-state index is 16.2. The van der Waals surface area contributed by atoms with Crippen LogP contribution < -0.4 is 27.1 Å². The summed E-state index contributed by atoms with van der Waals surface area (Å²) >= 11 is 5.74.